The lowest BCUT2D eigenvalue weighted by Crippen LogP contribution is -2.15. The van der Waals surface area contributed by atoms with Crippen molar-refractivity contribution in [3.63, 3.8) is 0 Å². The van der Waals surface area contributed by atoms with Crippen molar-refractivity contribution in [2.45, 2.75) is 19.3 Å². The Labute approximate surface area is 170 Å². The Kier molecular flexibility index (Phi) is 4.30. The molecular weight excluding hydrogens is 392 g/mol. The van der Waals surface area contributed by atoms with E-state index in [0.29, 0.717) is 15.7 Å². The maximum Gasteiger partial charge on any atom is 0.258 e. The molecule has 4 aromatic rings. The first kappa shape index (κ1) is 17.3. The summed E-state index contributed by atoms with van der Waals surface area (Å²) in [5.41, 5.74) is 5.01. The van der Waals surface area contributed by atoms with E-state index in [9.17, 15) is 4.79 Å². The summed E-state index contributed by atoms with van der Waals surface area (Å²) in [7, 11) is 0. The number of pyridine rings is 2. The molecule has 3 heterocycles. The van der Waals surface area contributed by atoms with Crippen molar-refractivity contribution in [1.82, 2.24) is 15.0 Å². The van der Waals surface area contributed by atoms with Crippen molar-refractivity contribution < 1.29 is 4.79 Å². The van der Waals surface area contributed by atoms with Crippen molar-refractivity contribution >= 4 is 44.9 Å². The highest BCUT2D eigenvalue weighted by atomic mass is 35.5. The van der Waals surface area contributed by atoms with Crippen molar-refractivity contribution in [3.8, 4) is 11.4 Å². The van der Waals surface area contributed by atoms with E-state index in [1.165, 1.54) is 11.3 Å². The van der Waals surface area contributed by atoms with Gasteiger partial charge in [-0.2, -0.15) is 0 Å². The van der Waals surface area contributed by atoms with Crippen LogP contribution in [0, 0.1) is 0 Å². The van der Waals surface area contributed by atoms with Gasteiger partial charge in [0.2, 0.25) is 0 Å². The van der Waals surface area contributed by atoms with Crippen LogP contribution in [0.5, 0.6) is 0 Å². The number of benzene rings is 1. The molecule has 0 fully saturated rings. The topological polar surface area (TPSA) is 67.8 Å². The molecule has 1 N–H and O–H groups in total. The van der Waals surface area contributed by atoms with E-state index in [2.05, 4.69) is 15.3 Å². The highest BCUT2D eigenvalue weighted by Crippen LogP contribution is 2.32. The van der Waals surface area contributed by atoms with Crippen LogP contribution in [-0.2, 0) is 12.8 Å². The smallest absolute Gasteiger partial charge is 0.258 e. The van der Waals surface area contributed by atoms with Crippen molar-refractivity contribution in [3.05, 3.63) is 69.8 Å². The van der Waals surface area contributed by atoms with Gasteiger partial charge in [-0.3, -0.25) is 20.1 Å². The molecule has 0 unspecified atom stereocenters. The molecule has 0 bridgehead atoms. The number of carbonyl (C=O) groups excluding carboxylic acids is 1. The number of rotatable bonds is 3. The number of aromatic nitrogens is 3. The van der Waals surface area contributed by atoms with Crippen LogP contribution in [0.2, 0.25) is 5.02 Å². The summed E-state index contributed by atoms with van der Waals surface area (Å²) in [6, 6.07) is 11.2. The first-order valence-corrected chi connectivity index (χ1v) is 10.2. The largest absolute Gasteiger partial charge is 0.298 e. The van der Waals surface area contributed by atoms with Gasteiger partial charge < -0.3 is 0 Å². The zero-order valence-corrected chi connectivity index (χ0v) is 16.3. The van der Waals surface area contributed by atoms with Gasteiger partial charge in [0.15, 0.2) is 5.13 Å². The Balaban J connectivity index is 1.53. The third-order valence-corrected chi connectivity index (χ3v) is 5.85. The Morgan fingerprint density at radius 2 is 2.04 bits per heavy atom. The summed E-state index contributed by atoms with van der Waals surface area (Å²) in [5, 5.41) is 6.77. The van der Waals surface area contributed by atoms with Crippen LogP contribution in [0.25, 0.3) is 22.3 Å². The first-order chi connectivity index (χ1) is 13.7. The molecule has 5 rings (SSSR count). The Bertz CT molecular complexity index is 1210. The molecular formula is C21H15ClN4OS. The number of aryl methyl sites for hydroxylation is 1. The van der Waals surface area contributed by atoms with Gasteiger partial charge in [0.05, 0.1) is 16.8 Å². The van der Waals surface area contributed by atoms with Gasteiger partial charge in [-0.25, -0.2) is 4.98 Å². The number of nitrogens with one attached hydrogen (secondary N) is 1. The predicted octanol–water partition coefficient (Wildman–Crippen LogP) is 5.15. The zero-order chi connectivity index (χ0) is 19.1. The molecule has 28 heavy (non-hydrogen) atoms. The molecule has 1 aliphatic carbocycles. The lowest BCUT2D eigenvalue weighted by Gasteiger charge is -2.12. The van der Waals surface area contributed by atoms with Gasteiger partial charge in [0.25, 0.3) is 5.91 Å². The SMILES string of the molecule is O=C(Nc1nc(-c2ccccn2)cs1)c1c2c(nc3ccc(Cl)cc13)CCC2. The summed E-state index contributed by atoms with van der Waals surface area (Å²) in [5.74, 6) is -0.172. The van der Waals surface area contributed by atoms with E-state index in [1.54, 1.807) is 12.3 Å². The van der Waals surface area contributed by atoms with Gasteiger partial charge in [0.1, 0.15) is 5.69 Å². The molecule has 7 heteroatoms. The lowest BCUT2D eigenvalue weighted by molar-refractivity contribution is 0.102. The first-order valence-electron chi connectivity index (χ1n) is 8.98. The number of amides is 1. The van der Waals surface area contributed by atoms with Gasteiger partial charge in [-0.1, -0.05) is 17.7 Å². The monoisotopic (exact) mass is 406 g/mol. The second-order valence-electron chi connectivity index (χ2n) is 6.63. The van der Waals surface area contributed by atoms with Crippen LogP contribution in [0.4, 0.5) is 5.13 Å². The molecule has 1 amide bonds. The summed E-state index contributed by atoms with van der Waals surface area (Å²) in [4.78, 5) is 26.8. The summed E-state index contributed by atoms with van der Waals surface area (Å²) in [6.45, 7) is 0. The average molecular weight is 407 g/mol. The van der Waals surface area contributed by atoms with E-state index in [1.807, 2.05) is 35.7 Å². The number of fused-ring (bicyclic) bond motifs is 2. The third-order valence-electron chi connectivity index (χ3n) is 4.85. The molecule has 0 aliphatic heterocycles. The maximum absolute atomic E-state index is 13.2. The maximum atomic E-state index is 13.2. The highest BCUT2D eigenvalue weighted by molar-refractivity contribution is 7.14. The van der Waals surface area contributed by atoms with Crippen LogP contribution in [0.3, 0.4) is 0 Å². The Morgan fingerprint density at radius 3 is 2.89 bits per heavy atom. The van der Waals surface area contributed by atoms with Crippen LogP contribution in [0.15, 0.2) is 48.0 Å². The molecule has 0 spiro atoms. The number of halogens is 1. The van der Waals surface area contributed by atoms with Gasteiger partial charge >= 0.3 is 0 Å². The fraction of sp³-hybridized carbons (Fsp3) is 0.143. The Morgan fingerprint density at radius 1 is 1.11 bits per heavy atom. The lowest BCUT2D eigenvalue weighted by atomic mass is 10.0. The average Bonchev–Trinajstić information content (AvgIpc) is 3.36. The number of nitrogens with zero attached hydrogens (tertiary/aromatic N) is 3. The Hall–Kier alpha value is -2.83. The number of carbonyl (C=O) groups is 1. The summed E-state index contributed by atoms with van der Waals surface area (Å²) < 4.78 is 0. The molecule has 0 atom stereocenters. The molecule has 5 nitrogen and oxygen atoms in total. The van der Waals surface area contributed by atoms with Crippen LogP contribution < -0.4 is 5.32 Å². The summed E-state index contributed by atoms with van der Waals surface area (Å²) in [6.07, 6.45) is 4.48. The number of thiazole rings is 1. The minimum absolute atomic E-state index is 0.172. The minimum atomic E-state index is -0.172. The fourth-order valence-corrected chi connectivity index (χ4v) is 4.49. The molecule has 1 aromatic carbocycles. The van der Waals surface area contributed by atoms with Crippen molar-refractivity contribution in [1.29, 1.82) is 0 Å². The zero-order valence-electron chi connectivity index (χ0n) is 14.8. The fourth-order valence-electron chi connectivity index (χ4n) is 3.62. The van der Waals surface area contributed by atoms with Gasteiger partial charge in [-0.15, -0.1) is 11.3 Å². The minimum Gasteiger partial charge on any atom is -0.298 e. The van der Waals surface area contributed by atoms with Crippen LogP contribution in [-0.4, -0.2) is 20.9 Å². The quantitative estimate of drug-likeness (QED) is 0.511. The molecule has 0 saturated heterocycles. The normalized spacial score (nSPS) is 12.9. The predicted molar refractivity (Wildman–Crippen MR) is 112 cm³/mol. The number of anilines is 1. The van der Waals surface area contributed by atoms with Crippen LogP contribution >= 0.6 is 22.9 Å². The van der Waals surface area contributed by atoms with E-state index in [-0.39, 0.29) is 5.91 Å². The molecule has 138 valence electrons. The van der Waals surface area contributed by atoms with Crippen molar-refractivity contribution in [2.75, 3.05) is 5.32 Å². The second-order valence-corrected chi connectivity index (χ2v) is 7.93. The second kappa shape index (κ2) is 6.96. The standard InChI is InChI=1S/C21H15ClN4OS/c22-12-7-8-16-14(10-12)19(13-4-3-6-15(13)24-16)20(27)26-21-25-18(11-28-21)17-5-1-2-9-23-17/h1-2,5,7-11H,3-4,6H2,(H,25,26,27). The summed E-state index contributed by atoms with van der Waals surface area (Å²) >= 11 is 7.59. The number of hydrogen-bond acceptors (Lipinski definition) is 5. The molecule has 0 saturated carbocycles. The molecule has 0 radical (unpaired) electrons. The van der Waals surface area contributed by atoms with E-state index in [0.717, 1.165) is 52.8 Å². The van der Waals surface area contributed by atoms with E-state index >= 15 is 0 Å². The van der Waals surface area contributed by atoms with Crippen molar-refractivity contribution in [2.24, 2.45) is 0 Å². The molecule has 1 aliphatic rings. The van der Waals surface area contributed by atoms with E-state index in [4.69, 9.17) is 16.6 Å². The highest BCUT2D eigenvalue weighted by Gasteiger charge is 2.24. The van der Waals surface area contributed by atoms with E-state index < -0.39 is 0 Å². The van der Waals surface area contributed by atoms with Gasteiger partial charge in [0, 0.05) is 27.7 Å². The third kappa shape index (κ3) is 3.04. The number of hydrogen-bond donors (Lipinski definition) is 1. The molecule has 3 aromatic heterocycles. The van der Waals surface area contributed by atoms with Crippen LogP contribution in [0.1, 0.15) is 28.0 Å². The van der Waals surface area contributed by atoms with Gasteiger partial charge in [-0.05, 0) is 55.2 Å².